The zero-order valence-electron chi connectivity index (χ0n) is 10.9. The molecular weight excluding hydrogens is 268 g/mol. The number of amides is 2. The Morgan fingerprint density at radius 2 is 2.21 bits per heavy atom. The Bertz CT molecular complexity index is 479. The van der Waals surface area contributed by atoms with Crippen LogP contribution in [0.15, 0.2) is 12.3 Å². The first-order valence-corrected chi connectivity index (χ1v) is 6.26. The molecule has 7 heteroatoms. The highest BCUT2D eigenvalue weighted by molar-refractivity contribution is 6.32. The molecule has 1 rings (SSSR count). The van der Waals surface area contributed by atoms with Crippen LogP contribution in [0.2, 0.25) is 5.15 Å². The molecule has 0 aliphatic carbocycles. The molecule has 1 aromatic rings. The van der Waals surface area contributed by atoms with Crippen molar-refractivity contribution in [3.63, 3.8) is 0 Å². The lowest BCUT2D eigenvalue weighted by Crippen LogP contribution is -2.38. The Morgan fingerprint density at radius 3 is 2.84 bits per heavy atom. The summed E-state index contributed by atoms with van der Waals surface area (Å²) in [6.45, 7) is 2.50. The fourth-order valence-electron chi connectivity index (χ4n) is 1.43. The van der Waals surface area contributed by atoms with Gasteiger partial charge in [-0.25, -0.2) is 4.98 Å². The fraction of sp³-hybridized carbons (Fsp3) is 0.417. The van der Waals surface area contributed by atoms with Crippen LogP contribution in [0.1, 0.15) is 23.7 Å². The van der Waals surface area contributed by atoms with Gasteiger partial charge in [0, 0.05) is 13.6 Å². The maximum atomic E-state index is 12.1. The second kappa shape index (κ2) is 6.94. The summed E-state index contributed by atoms with van der Waals surface area (Å²) in [6, 6.07) is 1.44. The molecule has 3 N–H and O–H groups in total. The molecule has 0 fully saturated rings. The van der Waals surface area contributed by atoms with Gasteiger partial charge in [-0.05, 0) is 12.5 Å². The second-order valence-corrected chi connectivity index (χ2v) is 4.48. The number of hydrogen-bond donors (Lipinski definition) is 2. The van der Waals surface area contributed by atoms with Crippen LogP contribution in [0.5, 0.6) is 0 Å². The van der Waals surface area contributed by atoms with Crippen molar-refractivity contribution < 1.29 is 9.59 Å². The monoisotopic (exact) mass is 284 g/mol. The summed E-state index contributed by atoms with van der Waals surface area (Å²) >= 11 is 5.84. The van der Waals surface area contributed by atoms with E-state index in [9.17, 15) is 9.59 Å². The number of nitrogens with zero attached hydrogens (tertiary/aromatic N) is 2. The molecule has 1 heterocycles. The van der Waals surface area contributed by atoms with Crippen LogP contribution in [0.25, 0.3) is 0 Å². The van der Waals surface area contributed by atoms with Crippen molar-refractivity contribution in [1.82, 2.24) is 15.2 Å². The zero-order valence-corrected chi connectivity index (χ0v) is 11.7. The highest BCUT2D eigenvalue weighted by Crippen LogP contribution is 2.17. The van der Waals surface area contributed by atoms with Crippen molar-refractivity contribution in [3.05, 3.63) is 23.0 Å². The Labute approximate surface area is 116 Å². The minimum atomic E-state index is -0.392. The van der Waals surface area contributed by atoms with Gasteiger partial charge >= 0.3 is 0 Å². The van der Waals surface area contributed by atoms with Gasteiger partial charge in [-0.1, -0.05) is 18.5 Å². The molecule has 0 saturated heterocycles. The molecular formula is C12H17ClN4O2. The van der Waals surface area contributed by atoms with E-state index in [-0.39, 0.29) is 23.2 Å². The van der Waals surface area contributed by atoms with Crippen LogP contribution >= 0.6 is 11.6 Å². The summed E-state index contributed by atoms with van der Waals surface area (Å²) in [5.74, 6) is -0.609. The number of rotatable bonds is 5. The number of likely N-dealkylation sites (N-methyl/N-ethyl adjacent to an activating group) is 1. The lowest BCUT2D eigenvalue weighted by molar-refractivity contribution is -0.121. The van der Waals surface area contributed by atoms with Gasteiger partial charge in [-0.2, -0.15) is 0 Å². The zero-order chi connectivity index (χ0) is 14.4. The molecule has 19 heavy (non-hydrogen) atoms. The molecule has 2 amide bonds. The maximum Gasteiger partial charge on any atom is 0.257 e. The quantitative estimate of drug-likeness (QED) is 0.787. The van der Waals surface area contributed by atoms with Gasteiger partial charge in [0.1, 0.15) is 5.15 Å². The fourth-order valence-corrected chi connectivity index (χ4v) is 1.61. The van der Waals surface area contributed by atoms with Crippen molar-refractivity contribution in [1.29, 1.82) is 0 Å². The molecule has 0 unspecified atom stereocenters. The van der Waals surface area contributed by atoms with Crippen LogP contribution in [0.4, 0.5) is 5.69 Å². The van der Waals surface area contributed by atoms with Crippen molar-refractivity contribution >= 4 is 29.1 Å². The largest absolute Gasteiger partial charge is 0.397 e. The standard InChI is InChI=1S/C12H17ClN4O2/c1-3-4-15-10(18)7-17(2)12(19)9-5-8(14)6-16-11(9)13/h5-6H,3-4,7,14H2,1-2H3,(H,15,18). The number of aromatic nitrogens is 1. The summed E-state index contributed by atoms with van der Waals surface area (Å²) in [5, 5.41) is 2.76. The number of nitrogens with two attached hydrogens (primary N) is 1. The first-order chi connectivity index (χ1) is 8.95. The predicted molar refractivity (Wildman–Crippen MR) is 73.9 cm³/mol. The van der Waals surface area contributed by atoms with Crippen molar-refractivity contribution in [2.75, 3.05) is 25.9 Å². The van der Waals surface area contributed by atoms with Gasteiger partial charge in [0.05, 0.1) is 24.0 Å². The summed E-state index contributed by atoms with van der Waals surface area (Å²) in [6.07, 6.45) is 2.21. The van der Waals surface area contributed by atoms with Crippen LogP contribution < -0.4 is 11.1 Å². The Hall–Kier alpha value is -1.82. The first kappa shape index (κ1) is 15.2. The first-order valence-electron chi connectivity index (χ1n) is 5.88. The maximum absolute atomic E-state index is 12.1. The number of carbonyl (C=O) groups excluding carboxylic acids is 2. The number of hydrogen-bond acceptors (Lipinski definition) is 4. The topological polar surface area (TPSA) is 88.3 Å². The van der Waals surface area contributed by atoms with Gasteiger partial charge in [0.2, 0.25) is 5.91 Å². The molecule has 0 bridgehead atoms. The Kier molecular flexibility index (Phi) is 5.57. The van der Waals surface area contributed by atoms with Gasteiger partial charge in [-0.15, -0.1) is 0 Å². The van der Waals surface area contributed by atoms with E-state index < -0.39 is 5.91 Å². The average molecular weight is 285 g/mol. The highest BCUT2D eigenvalue weighted by atomic mass is 35.5. The van der Waals surface area contributed by atoms with E-state index in [0.717, 1.165) is 6.42 Å². The third kappa shape index (κ3) is 4.40. The number of anilines is 1. The third-order valence-corrected chi connectivity index (χ3v) is 2.69. The third-order valence-electron chi connectivity index (χ3n) is 2.39. The Morgan fingerprint density at radius 1 is 1.53 bits per heavy atom. The smallest absolute Gasteiger partial charge is 0.257 e. The number of nitrogens with one attached hydrogen (secondary N) is 1. The molecule has 1 aromatic heterocycles. The van der Waals surface area contributed by atoms with E-state index >= 15 is 0 Å². The normalized spacial score (nSPS) is 10.1. The van der Waals surface area contributed by atoms with Crippen molar-refractivity contribution in [2.24, 2.45) is 0 Å². The molecule has 0 aromatic carbocycles. The van der Waals surface area contributed by atoms with E-state index in [0.29, 0.717) is 12.2 Å². The van der Waals surface area contributed by atoms with E-state index in [1.54, 1.807) is 0 Å². The lowest BCUT2D eigenvalue weighted by Gasteiger charge is -2.17. The Balaban J connectivity index is 2.71. The van der Waals surface area contributed by atoms with Crippen LogP contribution in [0, 0.1) is 0 Å². The van der Waals surface area contributed by atoms with E-state index in [2.05, 4.69) is 10.3 Å². The van der Waals surface area contributed by atoms with E-state index in [4.69, 9.17) is 17.3 Å². The molecule has 0 radical (unpaired) electrons. The molecule has 0 aliphatic heterocycles. The number of nitrogen functional groups attached to an aromatic ring is 1. The summed E-state index contributed by atoms with van der Waals surface area (Å²) in [4.78, 5) is 28.7. The van der Waals surface area contributed by atoms with Crippen molar-refractivity contribution in [2.45, 2.75) is 13.3 Å². The minimum absolute atomic E-state index is 0.0377. The van der Waals surface area contributed by atoms with Crippen LogP contribution in [-0.2, 0) is 4.79 Å². The molecule has 0 atom stereocenters. The van der Waals surface area contributed by atoms with Gasteiger partial charge in [-0.3, -0.25) is 9.59 Å². The highest BCUT2D eigenvalue weighted by Gasteiger charge is 2.18. The van der Waals surface area contributed by atoms with E-state index in [1.165, 1.54) is 24.2 Å². The molecule has 104 valence electrons. The average Bonchev–Trinajstić information content (AvgIpc) is 2.38. The predicted octanol–water partition coefficient (Wildman–Crippen LogP) is 0.915. The van der Waals surface area contributed by atoms with Crippen LogP contribution in [-0.4, -0.2) is 41.8 Å². The van der Waals surface area contributed by atoms with Gasteiger partial charge in [0.15, 0.2) is 0 Å². The summed E-state index contributed by atoms with van der Waals surface area (Å²) in [7, 11) is 1.52. The molecule has 0 aliphatic rings. The van der Waals surface area contributed by atoms with Gasteiger partial charge < -0.3 is 16.0 Å². The molecule has 6 nitrogen and oxygen atoms in total. The van der Waals surface area contributed by atoms with Crippen LogP contribution in [0.3, 0.4) is 0 Å². The molecule has 0 spiro atoms. The number of pyridine rings is 1. The summed E-state index contributed by atoms with van der Waals surface area (Å²) < 4.78 is 0. The number of halogens is 1. The van der Waals surface area contributed by atoms with E-state index in [1.807, 2.05) is 6.92 Å². The summed E-state index contributed by atoms with van der Waals surface area (Å²) in [5.41, 5.74) is 6.09. The number of carbonyl (C=O) groups is 2. The van der Waals surface area contributed by atoms with Gasteiger partial charge in [0.25, 0.3) is 5.91 Å². The molecule has 0 saturated carbocycles. The minimum Gasteiger partial charge on any atom is -0.397 e. The second-order valence-electron chi connectivity index (χ2n) is 4.12. The lowest BCUT2D eigenvalue weighted by atomic mass is 10.2. The van der Waals surface area contributed by atoms with Crippen molar-refractivity contribution in [3.8, 4) is 0 Å². The SMILES string of the molecule is CCCNC(=O)CN(C)C(=O)c1cc(N)cnc1Cl.